The highest BCUT2D eigenvalue weighted by Gasteiger charge is 2.09. The molecule has 0 fully saturated rings. The molecule has 0 aliphatic rings. The standard InChI is InChI=1S/C18H28Br2/c1-2-3-4-5-6-7-8-9-11-17(15-19)16-12-10-13-18(20)14-16/h10,12-14,17H,2-9,11,15H2,1H3. The van der Waals surface area contributed by atoms with Crippen LogP contribution in [0.5, 0.6) is 0 Å². The van der Waals surface area contributed by atoms with Gasteiger partial charge in [-0.1, -0.05) is 102 Å². The van der Waals surface area contributed by atoms with Crippen molar-refractivity contribution in [1.82, 2.24) is 0 Å². The fraction of sp³-hybridized carbons (Fsp3) is 0.667. The molecule has 1 unspecified atom stereocenters. The predicted octanol–water partition coefficient (Wildman–Crippen LogP) is 7.46. The first-order valence-electron chi connectivity index (χ1n) is 8.09. The van der Waals surface area contributed by atoms with Crippen molar-refractivity contribution in [3.05, 3.63) is 34.3 Å². The Labute approximate surface area is 142 Å². The lowest BCUT2D eigenvalue weighted by Gasteiger charge is -2.14. The minimum Gasteiger partial charge on any atom is -0.0921 e. The predicted molar refractivity (Wildman–Crippen MR) is 97.9 cm³/mol. The third-order valence-electron chi connectivity index (χ3n) is 3.91. The van der Waals surface area contributed by atoms with E-state index in [4.69, 9.17) is 0 Å². The van der Waals surface area contributed by atoms with Gasteiger partial charge in [0.25, 0.3) is 0 Å². The van der Waals surface area contributed by atoms with Crippen molar-refractivity contribution in [3.8, 4) is 0 Å². The van der Waals surface area contributed by atoms with Gasteiger partial charge < -0.3 is 0 Å². The van der Waals surface area contributed by atoms with Gasteiger partial charge in [0.1, 0.15) is 0 Å². The molecule has 0 saturated carbocycles. The molecule has 20 heavy (non-hydrogen) atoms. The molecule has 0 heterocycles. The maximum absolute atomic E-state index is 3.67. The second-order valence-corrected chi connectivity index (χ2v) is 7.23. The Morgan fingerprint density at radius 3 is 2.20 bits per heavy atom. The highest BCUT2D eigenvalue weighted by atomic mass is 79.9. The summed E-state index contributed by atoms with van der Waals surface area (Å²) in [6.45, 7) is 2.28. The van der Waals surface area contributed by atoms with Gasteiger partial charge in [-0.3, -0.25) is 0 Å². The maximum Gasteiger partial charge on any atom is 0.0178 e. The third-order valence-corrected chi connectivity index (χ3v) is 5.19. The molecule has 1 rings (SSSR count). The quantitative estimate of drug-likeness (QED) is 0.265. The molecule has 0 spiro atoms. The van der Waals surface area contributed by atoms with Gasteiger partial charge in [-0.15, -0.1) is 0 Å². The summed E-state index contributed by atoms with van der Waals surface area (Å²) in [5.41, 5.74) is 1.46. The van der Waals surface area contributed by atoms with E-state index in [0.29, 0.717) is 5.92 Å². The van der Waals surface area contributed by atoms with E-state index in [1.54, 1.807) is 0 Å². The Bertz CT molecular complexity index is 349. The maximum atomic E-state index is 3.67. The molecular weight excluding hydrogens is 376 g/mol. The van der Waals surface area contributed by atoms with Crippen molar-refractivity contribution in [2.75, 3.05) is 5.33 Å². The van der Waals surface area contributed by atoms with Gasteiger partial charge in [0.2, 0.25) is 0 Å². The van der Waals surface area contributed by atoms with Crippen molar-refractivity contribution < 1.29 is 0 Å². The second kappa shape index (κ2) is 11.8. The molecule has 0 bridgehead atoms. The number of unbranched alkanes of at least 4 members (excludes halogenated alkanes) is 7. The van der Waals surface area contributed by atoms with Crippen LogP contribution in [0.15, 0.2) is 28.7 Å². The Balaban J connectivity index is 2.16. The molecule has 0 aromatic heterocycles. The molecule has 1 atom stereocenters. The van der Waals surface area contributed by atoms with E-state index < -0.39 is 0 Å². The molecule has 1 aromatic carbocycles. The van der Waals surface area contributed by atoms with E-state index in [-0.39, 0.29) is 0 Å². The average Bonchev–Trinajstić information content (AvgIpc) is 2.46. The number of hydrogen-bond donors (Lipinski definition) is 0. The van der Waals surface area contributed by atoms with Crippen molar-refractivity contribution in [1.29, 1.82) is 0 Å². The van der Waals surface area contributed by atoms with Gasteiger partial charge in [-0.2, -0.15) is 0 Å². The number of rotatable bonds is 11. The monoisotopic (exact) mass is 402 g/mol. The van der Waals surface area contributed by atoms with Crippen molar-refractivity contribution in [3.63, 3.8) is 0 Å². The Morgan fingerprint density at radius 1 is 0.950 bits per heavy atom. The molecule has 0 amide bonds. The zero-order valence-corrected chi connectivity index (χ0v) is 15.9. The van der Waals surface area contributed by atoms with Crippen molar-refractivity contribution in [2.45, 2.75) is 70.6 Å². The summed E-state index contributed by atoms with van der Waals surface area (Å²) in [5, 5.41) is 1.07. The van der Waals surface area contributed by atoms with Gasteiger partial charge >= 0.3 is 0 Å². The minimum absolute atomic E-state index is 0.660. The molecule has 0 aliphatic carbocycles. The molecule has 0 radical (unpaired) electrons. The van der Waals surface area contributed by atoms with Gasteiger partial charge in [0, 0.05) is 9.80 Å². The molecule has 2 heteroatoms. The molecule has 0 saturated heterocycles. The van der Waals surface area contributed by atoms with Gasteiger partial charge in [0.15, 0.2) is 0 Å². The molecule has 0 aliphatic heterocycles. The normalized spacial score (nSPS) is 12.6. The first-order chi connectivity index (χ1) is 9.77. The van der Waals surface area contributed by atoms with Gasteiger partial charge in [0.05, 0.1) is 0 Å². The van der Waals surface area contributed by atoms with E-state index in [9.17, 15) is 0 Å². The first-order valence-corrected chi connectivity index (χ1v) is 10.0. The van der Waals surface area contributed by atoms with Crippen LogP contribution in [0, 0.1) is 0 Å². The van der Waals surface area contributed by atoms with Crippen LogP contribution in [0.3, 0.4) is 0 Å². The van der Waals surface area contributed by atoms with E-state index in [0.717, 1.165) is 5.33 Å². The van der Waals surface area contributed by atoms with Gasteiger partial charge in [-0.25, -0.2) is 0 Å². The lowest BCUT2D eigenvalue weighted by Crippen LogP contribution is -2.00. The number of hydrogen-bond acceptors (Lipinski definition) is 0. The summed E-state index contributed by atoms with van der Waals surface area (Å²) >= 11 is 7.24. The number of alkyl halides is 1. The molecule has 0 N–H and O–H groups in total. The van der Waals surface area contributed by atoms with Gasteiger partial charge in [-0.05, 0) is 30.0 Å². The zero-order valence-electron chi connectivity index (χ0n) is 12.7. The van der Waals surface area contributed by atoms with Crippen LogP contribution >= 0.6 is 31.9 Å². The van der Waals surface area contributed by atoms with Crippen LogP contribution in [0.1, 0.15) is 76.2 Å². The molecule has 1 aromatic rings. The SMILES string of the molecule is CCCCCCCCCCC(CBr)c1cccc(Br)c1. The van der Waals surface area contributed by atoms with E-state index in [1.807, 2.05) is 0 Å². The summed E-state index contributed by atoms with van der Waals surface area (Å²) in [5.74, 6) is 0.660. The molecular formula is C18H28Br2. The lowest BCUT2D eigenvalue weighted by atomic mass is 9.94. The van der Waals surface area contributed by atoms with Crippen LogP contribution in [-0.4, -0.2) is 5.33 Å². The van der Waals surface area contributed by atoms with Crippen LogP contribution in [-0.2, 0) is 0 Å². The minimum atomic E-state index is 0.660. The van der Waals surface area contributed by atoms with Crippen LogP contribution in [0.25, 0.3) is 0 Å². The second-order valence-electron chi connectivity index (χ2n) is 5.67. The van der Waals surface area contributed by atoms with E-state index in [2.05, 4.69) is 63.0 Å². The van der Waals surface area contributed by atoms with Crippen molar-refractivity contribution in [2.24, 2.45) is 0 Å². The topological polar surface area (TPSA) is 0 Å². The van der Waals surface area contributed by atoms with E-state index in [1.165, 1.54) is 67.8 Å². The molecule has 0 nitrogen and oxygen atoms in total. The largest absolute Gasteiger partial charge is 0.0921 e. The summed E-state index contributed by atoms with van der Waals surface area (Å²) < 4.78 is 1.19. The van der Waals surface area contributed by atoms with Crippen LogP contribution < -0.4 is 0 Å². The first kappa shape index (κ1) is 18.2. The highest BCUT2D eigenvalue weighted by Crippen LogP contribution is 2.27. The highest BCUT2D eigenvalue weighted by molar-refractivity contribution is 9.10. The zero-order chi connectivity index (χ0) is 14.6. The average molecular weight is 404 g/mol. The summed E-state index contributed by atoms with van der Waals surface area (Å²) in [4.78, 5) is 0. The van der Waals surface area contributed by atoms with Crippen LogP contribution in [0.2, 0.25) is 0 Å². The third kappa shape index (κ3) is 7.83. The van der Waals surface area contributed by atoms with Crippen molar-refractivity contribution >= 4 is 31.9 Å². The smallest absolute Gasteiger partial charge is 0.0178 e. The Morgan fingerprint density at radius 2 is 1.60 bits per heavy atom. The summed E-state index contributed by atoms with van der Waals surface area (Å²) in [7, 11) is 0. The number of halogens is 2. The Hall–Kier alpha value is 0.180. The summed E-state index contributed by atoms with van der Waals surface area (Å²) in [6.07, 6.45) is 12.5. The summed E-state index contributed by atoms with van der Waals surface area (Å²) in [6, 6.07) is 8.76. The molecule has 114 valence electrons. The fourth-order valence-corrected chi connectivity index (χ4v) is 3.73. The Kier molecular flexibility index (Phi) is 10.8. The number of benzene rings is 1. The fourth-order valence-electron chi connectivity index (χ4n) is 2.62. The van der Waals surface area contributed by atoms with E-state index >= 15 is 0 Å². The lowest BCUT2D eigenvalue weighted by molar-refractivity contribution is 0.546. The van der Waals surface area contributed by atoms with Crippen LogP contribution in [0.4, 0.5) is 0 Å².